The summed E-state index contributed by atoms with van der Waals surface area (Å²) in [6.07, 6.45) is 1.55. The molecule has 7 nitrogen and oxygen atoms in total. The number of benzene rings is 1. The minimum Gasteiger partial charge on any atom is -0.406 e. The zero-order valence-electron chi connectivity index (χ0n) is 10.5. The van der Waals surface area contributed by atoms with Crippen LogP contribution in [0.4, 0.5) is 5.69 Å². The smallest absolute Gasteiger partial charge is 0.406 e. The lowest BCUT2D eigenvalue weighted by Gasteiger charge is -2.03. The molecular formula is C13H8BrN3O4. The Hall–Kier alpha value is -2.48. The van der Waals surface area contributed by atoms with Gasteiger partial charge in [0.05, 0.1) is 15.9 Å². The van der Waals surface area contributed by atoms with Gasteiger partial charge < -0.3 is 4.42 Å². The van der Waals surface area contributed by atoms with Crippen molar-refractivity contribution in [3.8, 4) is 0 Å². The molecule has 2 aromatic heterocycles. The topological polar surface area (TPSA) is 91.2 Å². The summed E-state index contributed by atoms with van der Waals surface area (Å²) in [6, 6.07) is 8.00. The van der Waals surface area contributed by atoms with Gasteiger partial charge in [0.15, 0.2) is 11.2 Å². The third kappa shape index (κ3) is 2.45. The van der Waals surface area contributed by atoms with Gasteiger partial charge in [-0.2, -0.15) is 0 Å². The van der Waals surface area contributed by atoms with E-state index in [1.165, 1.54) is 10.6 Å². The first-order valence-electron chi connectivity index (χ1n) is 5.93. The number of nitrogens with zero attached hydrogens (tertiary/aromatic N) is 3. The van der Waals surface area contributed by atoms with E-state index >= 15 is 0 Å². The third-order valence-electron chi connectivity index (χ3n) is 2.97. The highest BCUT2D eigenvalue weighted by Gasteiger charge is 2.15. The monoisotopic (exact) mass is 349 g/mol. The molecule has 8 heteroatoms. The number of nitro groups is 1. The summed E-state index contributed by atoms with van der Waals surface area (Å²) in [5.41, 5.74) is 1.35. The molecule has 2 heterocycles. The Morgan fingerprint density at radius 2 is 2.19 bits per heavy atom. The Morgan fingerprint density at radius 3 is 2.95 bits per heavy atom. The molecule has 3 rings (SSSR count). The van der Waals surface area contributed by atoms with Crippen LogP contribution in [0.25, 0.3) is 11.2 Å². The van der Waals surface area contributed by atoms with Crippen LogP contribution in [0.15, 0.2) is 50.2 Å². The van der Waals surface area contributed by atoms with Crippen molar-refractivity contribution < 1.29 is 9.34 Å². The molecule has 3 aromatic rings. The summed E-state index contributed by atoms with van der Waals surface area (Å²) in [5, 5.41) is 10.9. The lowest BCUT2D eigenvalue weighted by Crippen LogP contribution is -2.15. The van der Waals surface area contributed by atoms with Crippen molar-refractivity contribution in [2.75, 3.05) is 0 Å². The molecular weight excluding hydrogens is 342 g/mol. The van der Waals surface area contributed by atoms with Crippen molar-refractivity contribution in [3.63, 3.8) is 0 Å². The second kappa shape index (κ2) is 5.13. The Balaban J connectivity index is 2.07. The maximum Gasteiger partial charge on any atom is 0.421 e. The summed E-state index contributed by atoms with van der Waals surface area (Å²) in [4.78, 5) is 26.4. The van der Waals surface area contributed by atoms with E-state index in [2.05, 4.69) is 20.9 Å². The first kappa shape index (κ1) is 13.5. The van der Waals surface area contributed by atoms with Crippen LogP contribution in [0.3, 0.4) is 0 Å². The maximum atomic E-state index is 11.8. The fraction of sp³-hybridized carbons (Fsp3) is 0.0769. The summed E-state index contributed by atoms with van der Waals surface area (Å²) in [5.74, 6) is -0.547. The molecule has 0 radical (unpaired) electrons. The summed E-state index contributed by atoms with van der Waals surface area (Å²) >= 11 is 3.12. The van der Waals surface area contributed by atoms with Crippen molar-refractivity contribution in [1.29, 1.82) is 0 Å². The van der Waals surface area contributed by atoms with Gasteiger partial charge in [-0.15, -0.1) is 0 Å². The molecule has 0 aliphatic heterocycles. The van der Waals surface area contributed by atoms with E-state index in [9.17, 15) is 14.9 Å². The fourth-order valence-electron chi connectivity index (χ4n) is 2.02. The first-order valence-corrected chi connectivity index (χ1v) is 6.73. The van der Waals surface area contributed by atoms with E-state index in [1.54, 1.807) is 30.5 Å². The second-order valence-electron chi connectivity index (χ2n) is 4.32. The van der Waals surface area contributed by atoms with Crippen molar-refractivity contribution in [2.45, 2.75) is 6.54 Å². The summed E-state index contributed by atoms with van der Waals surface area (Å²) < 4.78 is 6.80. The van der Waals surface area contributed by atoms with Gasteiger partial charge in [0.1, 0.15) is 0 Å². The van der Waals surface area contributed by atoms with Gasteiger partial charge in [-0.25, -0.2) is 9.78 Å². The van der Waals surface area contributed by atoms with Crippen LogP contribution < -0.4 is 5.76 Å². The SMILES string of the molecule is O=c1oc2cccnc2n1Cc1ccc(Br)c([N+](=O)[O-])c1. The lowest BCUT2D eigenvalue weighted by molar-refractivity contribution is -0.385. The number of fused-ring (bicyclic) bond motifs is 1. The van der Waals surface area contributed by atoms with E-state index in [0.29, 0.717) is 21.3 Å². The number of rotatable bonds is 3. The highest BCUT2D eigenvalue weighted by atomic mass is 79.9. The summed E-state index contributed by atoms with van der Waals surface area (Å²) in [6.45, 7) is 0.150. The molecule has 0 unspecified atom stereocenters. The molecule has 0 saturated carbocycles. The zero-order valence-corrected chi connectivity index (χ0v) is 12.1. The number of aromatic nitrogens is 2. The number of hydrogen-bond donors (Lipinski definition) is 0. The number of halogens is 1. The van der Waals surface area contributed by atoms with Crippen LogP contribution in [-0.4, -0.2) is 14.5 Å². The molecule has 0 spiro atoms. The molecule has 106 valence electrons. The quantitative estimate of drug-likeness (QED) is 0.535. The molecule has 0 N–H and O–H groups in total. The molecule has 0 fully saturated rings. The molecule has 0 bridgehead atoms. The highest BCUT2D eigenvalue weighted by Crippen LogP contribution is 2.26. The second-order valence-corrected chi connectivity index (χ2v) is 5.18. The third-order valence-corrected chi connectivity index (χ3v) is 3.64. The van der Waals surface area contributed by atoms with Gasteiger partial charge in [0.2, 0.25) is 0 Å². The van der Waals surface area contributed by atoms with E-state index in [4.69, 9.17) is 4.42 Å². The van der Waals surface area contributed by atoms with Gasteiger partial charge in [-0.1, -0.05) is 6.07 Å². The molecule has 0 aliphatic carbocycles. The van der Waals surface area contributed by atoms with Gasteiger partial charge >= 0.3 is 5.76 Å². The van der Waals surface area contributed by atoms with Crippen molar-refractivity contribution in [1.82, 2.24) is 9.55 Å². The highest BCUT2D eigenvalue weighted by molar-refractivity contribution is 9.10. The van der Waals surface area contributed by atoms with Gasteiger partial charge in [0, 0.05) is 12.3 Å². The molecule has 1 aromatic carbocycles. The van der Waals surface area contributed by atoms with Crippen LogP contribution in [0.1, 0.15) is 5.56 Å². The van der Waals surface area contributed by atoms with Crippen LogP contribution in [0, 0.1) is 10.1 Å². The number of nitro benzene ring substituents is 1. The normalized spacial score (nSPS) is 10.9. The van der Waals surface area contributed by atoms with E-state index < -0.39 is 10.7 Å². The van der Waals surface area contributed by atoms with Gasteiger partial charge in [-0.3, -0.25) is 14.7 Å². The predicted octanol–water partition coefficient (Wildman–Crippen LogP) is 2.71. The fourth-order valence-corrected chi connectivity index (χ4v) is 2.41. The molecule has 0 aliphatic rings. The van der Waals surface area contributed by atoms with E-state index in [1.807, 2.05) is 0 Å². The average molecular weight is 350 g/mol. The lowest BCUT2D eigenvalue weighted by atomic mass is 10.2. The molecule has 0 atom stereocenters. The minimum atomic E-state index is -0.547. The number of hydrogen-bond acceptors (Lipinski definition) is 5. The average Bonchev–Trinajstić information content (AvgIpc) is 2.77. The van der Waals surface area contributed by atoms with Crippen molar-refractivity contribution >= 4 is 32.8 Å². The van der Waals surface area contributed by atoms with Crippen LogP contribution in [0.2, 0.25) is 0 Å². The first-order chi connectivity index (χ1) is 10.1. The van der Waals surface area contributed by atoms with Crippen molar-refractivity contribution in [2.24, 2.45) is 0 Å². The largest absolute Gasteiger partial charge is 0.421 e. The van der Waals surface area contributed by atoms with Crippen LogP contribution in [0.5, 0.6) is 0 Å². The van der Waals surface area contributed by atoms with Crippen LogP contribution in [-0.2, 0) is 6.54 Å². The minimum absolute atomic E-state index is 0.0543. The Kier molecular flexibility index (Phi) is 3.30. The van der Waals surface area contributed by atoms with E-state index in [-0.39, 0.29) is 12.2 Å². The Bertz CT molecular complexity index is 900. The van der Waals surface area contributed by atoms with Crippen molar-refractivity contribution in [3.05, 3.63) is 67.2 Å². The molecule has 0 amide bonds. The predicted molar refractivity (Wildman–Crippen MR) is 78.2 cm³/mol. The zero-order chi connectivity index (χ0) is 15.0. The Labute approximate surface area is 126 Å². The van der Waals surface area contributed by atoms with Gasteiger partial charge in [0.25, 0.3) is 5.69 Å². The van der Waals surface area contributed by atoms with Gasteiger partial charge in [-0.05, 0) is 39.7 Å². The van der Waals surface area contributed by atoms with Crippen LogP contribution >= 0.6 is 15.9 Å². The van der Waals surface area contributed by atoms with E-state index in [0.717, 1.165) is 0 Å². The maximum absolute atomic E-state index is 11.8. The number of pyridine rings is 1. The summed E-state index contributed by atoms with van der Waals surface area (Å²) in [7, 11) is 0. The Morgan fingerprint density at radius 1 is 1.38 bits per heavy atom. The standard InChI is InChI=1S/C13H8BrN3O4/c14-9-4-3-8(6-10(9)17(19)20)7-16-12-11(21-13(16)18)2-1-5-15-12/h1-6H,7H2. The number of oxazole rings is 1. The molecule has 21 heavy (non-hydrogen) atoms. The molecule has 0 saturated heterocycles.